The highest BCUT2D eigenvalue weighted by atomic mass is 35.5. The van der Waals surface area contributed by atoms with Gasteiger partial charge in [0.2, 0.25) is 21.7 Å². The van der Waals surface area contributed by atoms with Gasteiger partial charge in [-0.25, -0.2) is 13.1 Å². The molecule has 0 bridgehead atoms. The van der Waals surface area contributed by atoms with Gasteiger partial charge in [-0.15, -0.1) is 0 Å². The van der Waals surface area contributed by atoms with Crippen molar-refractivity contribution < 1.29 is 12.9 Å². The second-order valence-corrected chi connectivity index (χ2v) is 11.0. The minimum absolute atomic E-state index is 0.0366. The first-order valence-corrected chi connectivity index (χ1v) is 13.2. The van der Waals surface area contributed by atoms with Crippen LogP contribution in [0, 0.1) is 6.92 Å². The molecule has 0 amide bonds. The highest BCUT2D eigenvalue weighted by Gasteiger charge is 2.19. The van der Waals surface area contributed by atoms with Gasteiger partial charge < -0.3 is 4.52 Å². The molecule has 0 aliphatic heterocycles. The molecule has 0 saturated carbocycles. The number of hydrogen-bond acceptors (Lipinski definition) is 7. The Bertz CT molecular complexity index is 1710. The van der Waals surface area contributed by atoms with E-state index in [0.717, 1.165) is 28.0 Å². The molecular weight excluding hydrogens is 508 g/mol. The van der Waals surface area contributed by atoms with Crippen molar-refractivity contribution in [3.05, 3.63) is 98.4 Å². The Morgan fingerprint density at radius 3 is 2.71 bits per heavy atom. The van der Waals surface area contributed by atoms with E-state index in [4.69, 9.17) is 16.1 Å². The molecule has 0 unspecified atom stereocenters. The molecule has 0 saturated heterocycles. The molecule has 0 radical (unpaired) electrons. The van der Waals surface area contributed by atoms with E-state index in [1.807, 2.05) is 49.4 Å². The van der Waals surface area contributed by atoms with Crippen molar-refractivity contribution in [3.63, 3.8) is 0 Å². The van der Waals surface area contributed by atoms with E-state index in [1.54, 1.807) is 16.7 Å². The number of halogens is 1. The van der Waals surface area contributed by atoms with Gasteiger partial charge in [0, 0.05) is 10.6 Å². The summed E-state index contributed by atoms with van der Waals surface area (Å²) >= 11 is 7.22. The second kappa shape index (κ2) is 9.38. The van der Waals surface area contributed by atoms with E-state index in [-0.39, 0.29) is 22.2 Å². The molecule has 178 valence electrons. The standard InChI is InChI=1S/C24H19ClN4O4S2/c1-15-5-4-7-16(11-15)23-27-22(33-28-23)13-26-35(31,32)18-9-10-20-21(12-18)34-24(30)29(20)14-17-6-2-3-8-19(17)25/h2-12,26H,13-14H2,1H3. The Hall–Kier alpha value is -3.31. The van der Waals surface area contributed by atoms with Crippen LogP contribution in [0.3, 0.4) is 0 Å². The molecule has 0 aliphatic rings. The summed E-state index contributed by atoms with van der Waals surface area (Å²) < 4.78 is 35.6. The average molecular weight is 527 g/mol. The van der Waals surface area contributed by atoms with Crippen LogP contribution in [0.1, 0.15) is 17.0 Å². The number of nitrogens with zero attached hydrogens (tertiary/aromatic N) is 3. The lowest BCUT2D eigenvalue weighted by Crippen LogP contribution is -2.23. The van der Waals surface area contributed by atoms with Crippen molar-refractivity contribution in [2.45, 2.75) is 24.9 Å². The summed E-state index contributed by atoms with van der Waals surface area (Å²) in [6.07, 6.45) is 0. The molecule has 0 aliphatic carbocycles. The van der Waals surface area contributed by atoms with Crippen molar-refractivity contribution in [2.75, 3.05) is 0 Å². The molecule has 8 nitrogen and oxygen atoms in total. The molecule has 11 heteroatoms. The van der Waals surface area contributed by atoms with Crippen LogP contribution < -0.4 is 9.60 Å². The fourth-order valence-corrected chi connectivity index (χ4v) is 5.83. The van der Waals surface area contributed by atoms with Gasteiger partial charge in [-0.3, -0.25) is 9.36 Å². The van der Waals surface area contributed by atoms with Crippen LogP contribution in [0.5, 0.6) is 0 Å². The minimum Gasteiger partial charge on any atom is -0.338 e. The summed E-state index contributed by atoms with van der Waals surface area (Å²) in [4.78, 5) is 16.7. The Morgan fingerprint density at radius 1 is 1.09 bits per heavy atom. The quantitative estimate of drug-likeness (QED) is 0.332. The zero-order valence-electron chi connectivity index (χ0n) is 18.4. The van der Waals surface area contributed by atoms with E-state index in [0.29, 0.717) is 27.6 Å². The second-order valence-electron chi connectivity index (χ2n) is 7.88. The first kappa shape index (κ1) is 23.4. The maximum atomic E-state index is 12.9. The fraction of sp³-hybridized carbons (Fsp3) is 0.125. The molecular formula is C24H19ClN4O4S2. The van der Waals surface area contributed by atoms with Gasteiger partial charge in [0.25, 0.3) is 0 Å². The monoisotopic (exact) mass is 526 g/mol. The molecule has 5 aromatic rings. The molecule has 35 heavy (non-hydrogen) atoms. The molecule has 0 spiro atoms. The first-order chi connectivity index (χ1) is 16.8. The third-order valence-corrected chi connectivity index (χ3v) is 8.10. The molecule has 3 aromatic carbocycles. The Balaban J connectivity index is 1.35. The van der Waals surface area contributed by atoms with E-state index in [1.165, 1.54) is 12.1 Å². The number of aromatic nitrogens is 3. The largest absolute Gasteiger partial charge is 0.338 e. The third kappa shape index (κ3) is 4.92. The lowest BCUT2D eigenvalue weighted by Gasteiger charge is -2.07. The van der Waals surface area contributed by atoms with Gasteiger partial charge in [-0.2, -0.15) is 4.98 Å². The van der Waals surface area contributed by atoms with Gasteiger partial charge in [-0.1, -0.05) is 70.1 Å². The van der Waals surface area contributed by atoms with E-state index in [9.17, 15) is 13.2 Å². The summed E-state index contributed by atoms with van der Waals surface area (Å²) in [5, 5.41) is 4.49. The van der Waals surface area contributed by atoms with Crippen LogP contribution in [0.25, 0.3) is 21.6 Å². The maximum absolute atomic E-state index is 12.9. The van der Waals surface area contributed by atoms with Crippen LogP contribution in [0.15, 0.2) is 80.9 Å². The molecule has 5 rings (SSSR count). The topological polar surface area (TPSA) is 107 Å². The number of thiazole rings is 1. The number of benzene rings is 3. The lowest BCUT2D eigenvalue weighted by molar-refractivity contribution is 0.376. The number of rotatable bonds is 7. The summed E-state index contributed by atoms with van der Waals surface area (Å²) in [5.74, 6) is 0.524. The number of fused-ring (bicyclic) bond motifs is 1. The summed E-state index contributed by atoms with van der Waals surface area (Å²) in [7, 11) is -3.88. The number of sulfonamides is 1. The van der Waals surface area contributed by atoms with Crippen LogP contribution in [-0.4, -0.2) is 23.1 Å². The van der Waals surface area contributed by atoms with Gasteiger partial charge in [0.15, 0.2) is 0 Å². The highest BCUT2D eigenvalue weighted by Crippen LogP contribution is 2.24. The Kier molecular flexibility index (Phi) is 6.28. The van der Waals surface area contributed by atoms with Crippen molar-refractivity contribution in [2.24, 2.45) is 0 Å². The SMILES string of the molecule is Cc1cccc(-c2noc(CNS(=O)(=O)c3ccc4c(c3)sc(=O)n4Cc3ccccc3Cl)n2)c1. The van der Waals surface area contributed by atoms with Crippen LogP contribution in [0.4, 0.5) is 0 Å². The van der Waals surface area contributed by atoms with Crippen LogP contribution >= 0.6 is 22.9 Å². The smallest absolute Gasteiger partial charge is 0.308 e. The predicted molar refractivity (Wildman–Crippen MR) is 135 cm³/mol. The van der Waals surface area contributed by atoms with Crippen molar-refractivity contribution in [1.82, 2.24) is 19.4 Å². The van der Waals surface area contributed by atoms with Gasteiger partial charge in [0.1, 0.15) is 0 Å². The van der Waals surface area contributed by atoms with Gasteiger partial charge >= 0.3 is 4.87 Å². The Morgan fingerprint density at radius 2 is 1.91 bits per heavy atom. The van der Waals surface area contributed by atoms with Crippen molar-refractivity contribution in [1.29, 1.82) is 0 Å². The molecule has 2 heterocycles. The number of nitrogens with one attached hydrogen (secondary N) is 1. The van der Waals surface area contributed by atoms with Crippen LogP contribution in [0.2, 0.25) is 5.02 Å². The molecule has 2 aromatic heterocycles. The third-order valence-electron chi connectivity index (χ3n) is 5.39. The predicted octanol–water partition coefficient (Wildman–Crippen LogP) is 4.60. The van der Waals surface area contributed by atoms with E-state index < -0.39 is 10.0 Å². The van der Waals surface area contributed by atoms with E-state index in [2.05, 4.69) is 14.9 Å². The lowest BCUT2D eigenvalue weighted by atomic mass is 10.1. The minimum atomic E-state index is -3.88. The first-order valence-electron chi connectivity index (χ1n) is 10.6. The van der Waals surface area contributed by atoms with Crippen molar-refractivity contribution >= 4 is 43.2 Å². The Labute approximate surface area is 209 Å². The number of hydrogen-bond donors (Lipinski definition) is 1. The number of aryl methyl sites for hydroxylation is 1. The summed E-state index contributed by atoms with van der Waals surface area (Å²) in [5.41, 5.74) is 3.27. The summed E-state index contributed by atoms with van der Waals surface area (Å²) in [6, 6.07) is 19.5. The highest BCUT2D eigenvalue weighted by molar-refractivity contribution is 7.89. The van der Waals surface area contributed by atoms with Crippen molar-refractivity contribution in [3.8, 4) is 11.4 Å². The zero-order valence-corrected chi connectivity index (χ0v) is 20.8. The van der Waals surface area contributed by atoms with Gasteiger partial charge in [0.05, 0.1) is 28.2 Å². The molecule has 1 N–H and O–H groups in total. The van der Waals surface area contributed by atoms with Crippen LogP contribution in [-0.2, 0) is 23.1 Å². The fourth-order valence-electron chi connectivity index (χ4n) is 3.63. The normalized spacial score (nSPS) is 11.8. The molecule has 0 atom stereocenters. The van der Waals surface area contributed by atoms with Gasteiger partial charge in [-0.05, 0) is 42.8 Å². The maximum Gasteiger partial charge on any atom is 0.308 e. The van der Waals surface area contributed by atoms with E-state index >= 15 is 0 Å². The average Bonchev–Trinajstić information content (AvgIpc) is 3.43. The molecule has 0 fully saturated rings. The summed E-state index contributed by atoms with van der Waals surface area (Å²) in [6.45, 7) is 2.09. The zero-order chi connectivity index (χ0) is 24.6.